The van der Waals surface area contributed by atoms with Crippen LogP contribution in [0.15, 0.2) is 30.3 Å². The molecule has 0 aliphatic rings. The lowest BCUT2D eigenvalue weighted by Gasteiger charge is -2.07. The predicted octanol–water partition coefficient (Wildman–Crippen LogP) is 3.13. The summed E-state index contributed by atoms with van der Waals surface area (Å²) in [7, 11) is 0. The molecule has 0 aliphatic heterocycles. The molecule has 5 heteroatoms. The average molecular weight is 269 g/mol. The van der Waals surface area contributed by atoms with Crippen molar-refractivity contribution in [2.24, 2.45) is 0 Å². The van der Waals surface area contributed by atoms with Gasteiger partial charge in [-0.15, -0.1) is 0 Å². The molecule has 0 atom stereocenters. The molecular formula is C12H10Cl2N2O. The number of nitrogens with two attached hydrogens (primary N) is 1. The van der Waals surface area contributed by atoms with Gasteiger partial charge in [-0.3, -0.25) is 0 Å². The number of anilines is 1. The number of benzene rings is 1. The molecule has 0 aliphatic carbocycles. The lowest BCUT2D eigenvalue weighted by Crippen LogP contribution is -1.97. The van der Waals surface area contributed by atoms with Gasteiger partial charge in [-0.25, -0.2) is 4.98 Å². The third-order valence-corrected chi connectivity index (χ3v) is 2.72. The summed E-state index contributed by atoms with van der Waals surface area (Å²) in [5.41, 5.74) is 8.21. The largest absolute Gasteiger partial charge is 0.397 e. The topological polar surface area (TPSA) is 59.1 Å². The highest BCUT2D eigenvalue weighted by Crippen LogP contribution is 2.29. The monoisotopic (exact) mass is 268 g/mol. The van der Waals surface area contributed by atoms with E-state index < -0.39 is 0 Å². The zero-order valence-electron chi connectivity index (χ0n) is 8.82. The summed E-state index contributed by atoms with van der Waals surface area (Å²) >= 11 is 11.8. The fraction of sp³-hybridized carbons (Fsp3) is 0.0833. The zero-order valence-corrected chi connectivity index (χ0v) is 10.3. The summed E-state index contributed by atoms with van der Waals surface area (Å²) in [6, 6.07) is 8.47. The van der Waals surface area contributed by atoms with Crippen LogP contribution in [0.3, 0.4) is 0 Å². The summed E-state index contributed by atoms with van der Waals surface area (Å²) in [5, 5.41) is 10.1. The molecule has 0 spiro atoms. The number of nitrogen functional groups attached to an aromatic ring is 1. The van der Waals surface area contributed by atoms with Gasteiger partial charge in [0.25, 0.3) is 0 Å². The molecule has 0 saturated carbocycles. The number of aromatic nitrogens is 1. The summed E-state index contributed by atoms with van der Waals surface area (Å²) < 4.78 is 0. The number of hydrogen-bond acceptors (Lipinski definition) is 3. The lowest BCUT2D eigenvalue weighted by atomic mass is 10.1. The summed E-state index contributed by atoms with van der Waals surface area (Å²) in [5.74, 6) is 0. The van der Waals surface area contributed by atoms with Crippen LogP contribution in [-0.2, 0) is 6.61 Å². The summed E-state index contributed by atoms with van der Waals surface area (Å²) in [4.78, 5) is 4.25. The van der Waals surface area contributed by atoms with E-state index in [4.69, 9.17) is 34.0 Å². The Labute approximate surface area is 109 Å². The van der Waals surface area contributed by atoms with Crippen molar-refractivity contribution in [2.75, 3.05) is 5.73 Å². The first-order chi connectivity index (χ1) is 8.10. The third-order valence-electron chi connectivity index (χ3n) is 2.28. The minimum Gasteiger partial charge on any atom is -0.397 e. The number of nitrogens with zero attached hydrogens (tertiary/aromatic N) is 1. The van der Waals surface area contributed by atoms with Crippen LogP contribution in [-0.4, -0.2) is 10.1 Å². The highest BCUT2D eigenvalue weighted by molar-refractivity contribution is 6.35. The van der Waals surface area contributed by atoms with E-state index in [1.165, 1.54) is 0 Å². The average Bonchev–Trinajstić information content (AvgIpc) is 2.28. The van der Waals surface area contributed by atoms with Gasteiger partial charge >= 0.3 is 0 Å². The van der Waals surface area contributed by atoms with Crippen molar-refractivity contribution < 1.29 is 5.11 Å². The van der Waals surface area contributed by atoms with Crippen LogP contribution >= 0.6 is 23.2 Å². The van der Waals surface area contributed by atoms with Crippen molar-refractivity contribution in [1.82, 2.24) is 4.98 Å². The molecule has 1 aromatic heterocycles. The van der Waals surface area contributed by atoms with Crippen molar-refractivity contribution in [3.63, 3.8) is 0 Å². The molecular weight excluding hydrogens is 259 g/mol. The third kappa shape index (κ3) is 2.69. The molecule has 3 nitrogen and oxygen atoms in total. The molecule has 88 valence electrons. The second-order valence-electron chi connectivity index (χ2n) is 3.56. The Morgan fingerprint density at radius 1 is 1.12 bits per heavy atom. The SMILES string of the molecule is Nc1ccc(CO)nc1-c1cc(Cl)cc(Cl)c1. The maximum atomic E-state index is 9.05. The van der Waals surface area contributed by atoms with Crippen molar-refractivity contribution in [3.8, 4) is 11.3 Å². The van der Waals surface area contributed by atoms with E-state index in [1.54, 1.807) is 30.3 Å². The molecule has 3 N–H and O–H groups in total. The van der Waals surface area contributed by atoms with Crippen molar-refractivity contribution in [2.45, 2.75) is 6.61 Å². The fourth-order valence-corrected chi connectivity index (χ4v) is 2.05. The van der Waals surface area contributed by atoms with Gasteiger partial charge in [-0.1, -0.05) is 23.2 Å². The molecule has 1 aromatic carbocycles. The molecule has 2 rings (SSSR count). The highest BCUT2D eigenvalue weighted by atomic mass is 35.5. The van der Waals surface area contributed by atoms with E-state index in [0.29, 0.717) is 27.1 Å². The first-order valence-electron chi connectivity index (χ1n) is 4.93. The molecule has 0 saturated heterocycles. The molecule has 2 aromatic rings. The molecule has 0 amide bonds. The van der Waals surface area contributed by atoms with Gasteiger partial charge in [0.05, 0.1) is 23.7 Å². The summed E-state index contributed by atoms with van der Waals surface area (Å²) in [6.45, 7) is -0.137. The molecule has 17 heavy (non-hydrogen) atoms. The number of aliphatic hydroxyl groups excluding tert-OH is 1. The van der Waals surface area contributed by atoms with Crippen LogP contribution in [0.5, 0.6) is 0 Å². The number of pyridine rings is 1. The van der Waals surface area contributed by atoms with Gasteiger partial charge in [0.1, 0.15) is 0 Å². The number of aliphatic hydroxyl groups is 1. The van der Waals surface area contributed by atoms with Crippen LogP contribution in [0.4, 0.5) is 5.69 Å². The molecule has 0 bridgehead atoms. The van der Waals surface area contributed by atoms with Crippen molar-refractivity contribution in [1.29, 1.82) is 0 Å². The Bertz CT molecular complexity index is 538. The molecule has 1 heterocycles. The Balaban J connectivity index is 2.58. The minimum absolute atomic E-state index is 0.137. The number of rotatable bonds is 2. The smallest absolute Gasteiger partial charge is 0.0936 e. The molecule has 0 unspecified atom stereocenters. The van der Waals surface area contributed by atoms with Crippen LogP contribution in [0.1, 0.15) is 5.69 Å². The summed E-state index contributed by atoms with van der Waals surface area (Å²) in [6.07, 6.45) is 0. The van der Waals surface area contributed by atoms with E-state index >= 15 is 0 Å². The number of hydrogen-bond donors (Lipinski definition) is 2. The second kappa shape index (κ2) is 4.92. The second-order valence-corrected chi connectivity index (χ2v) is 4.43. The van der Waals surface area contributed by atoms with Gasteiger partial charge in [-0.2, -0.15) is 0 Å². The maximum absolute atomic E-state index is 9.05. The number of halogens is 2. The van der Waals surface area contributed by atoms with Gasteiger partial charge in [0.2, 0.25) is 0 Å². The molecule has 0 fully saturated rings. The van der Waals surface area contributed by atoms with Gasteiger partial charge in [0.15, 0.2) is 0 Å². The van der Waals surface area contributed by atoms with Crippen LogP contribution < -0.4 is 5.73 Å². The van der Waals surface area contributed by atoms with Crippen molar-refractivity contribution in [3.05, 3.63) is 46.1 Å². The van der Waals surface area contributed by atoms with E-state index in [2.05, 4.69) is 4.98 Å². The Morgan fingerprint density at radius 2 is 1.76 bits per heavy atom. The highest BCUT2D eigenvalue weighted by Gasteiger charge is 2.07. The lowest BCUT2D eigenvalue weighted by molar-refractivity contribution is 0.277. The maximum Gasteiger partial charge on any atom is 0.0936 e. The molecule has 0 radical (unpaired) electrons. The van der Waals surface area contributed by atoms with Crippen LogP contribution in [0.25, 0.3) is 11.3 Å². The Kier molecular flexibility index (Phi) is 3.52. The normalized spacial score (nSPS) is 10.5. The predicted molar refractivity (Wildman–Crippen MR) is 70.0 cm³/mol. The Morgan fingerprint density at radius 3 is 2.35 bits per heavy atom. The van der Waals surface area contributed by atoms with Gasteiger partial charge in [0, 0.05) is 15.6 Å². The standard InChI is InChI=1S/C12H10Cl2N2O/c13-8-3-7(4-9(14)5-8)12-11(15)2-1-10(6-17)16-12/h1-5,17H,6,15H2. The first-order valence-corrected chi connectivity index (χ1v) is 5.68. The van der Waals surface area contributed by atoms with E-state index in [9.17, 15) is 0 Å². The van der Waals surface area contributed by atoms with E-state index in [1.807, 2.05) is 0 Å². The van der Waals surface area contributed by atoms with Gasteiger partial charge in [-0.05, 0) is 30.3 Å². The van der Waals surface area contributed by atoms with Crippen molar-refractivity contribution >= 4 is 28.9 Å². The van der Waals surface area contributed by atoms with E-state index in [-0.39, 0.29) is 6.61 Å². The zero-order chi connectivity index (χ0) is 12.4. The quantitative estimate of drug-likeness (QED) is 0.880. The van der Waals surface area contributed by atoms with Gasteiger partial charge < -0.3 is 10.8 Å². The van der Waals surface area contributed by atoms with Crippen LogP contribution in [0.2, 0.25) is 10.0 Å². The Hall–Kier alpha value is -1.29. The fourth-order valence-electron chi connectivity index (χ4n) is 1.52. The van der Waals surface area contributed by atoms with Crippen LogP contribution in [0, 0.1) is 0 Å². The minimum atomic E-state index is -0.137. The van der Waals surface area contributed by atoms with E-state index in [0.717, 1.165) is 5.56 Å². The first kappa shape index (κ1) is 12.2.